The fourth-order valence-corrected chi connectivity index (χ4v) is 1.18. The van der Waals surface area contributed by atoms with Gasteiger partial charge >= 0.3 is 5.69 Å². The zero-order valence-corrected chi connectivity index (χ0v) is 9.25. The highest BCUT2D eigenvalue weighted by Gasteiger charge is 2.19. The highest BCUT2D eigenvalue weighted by Crippen LogP contribution is 2.28. The van der Waals surface area contributed by atoms with E-state index >= 15 is 0 Å². The summed E-state index contributed by atoms with van der Waals surface area (Å²) in [4.78, 5) is 21.0. The Morgan fingerprint density at radius 1 is 1.59 bits per heavy atom. The van der Waals surface area contributed by atoms with Gasteiger partial charge in [0.1, 0.15) is 0 Å². The molecule has 0 heterocycles. The van der Waals surface area contributed by atoms with Crippen molar-refractivity contribution in [3.8, 4) is 5.75 Å². The van der Waals surface area contributed by atoms with Crippen LogP contribution in [0.25, 0.3) is 0 Å². The zero-order valence-electron chi connectivity index (χ0n) is 9.25. The van der Waals surface area contributed by atoms with E-state index in [1.165, 1.54) is 19.1 Å². The van der Waals surface area contributed by atoms with Gasteiger partial charge < -0.3 is 16.2 Å². The Morgan fingerprint density at radius 3 is 2.71 bits per heavy atom. The Hall–Kier alpha value is -2.15. The maximum Gasteiger partial charge on any atom is 0.311 e. The van der Waals surface area contributed by atoms with Crippen molar-refractivity contribution in [3.63, 3.8) is 0 Å². The molecule has 0 saturated heterocycles. The van der Waals surface area contributed by atoms with Crippen LogP contribution in [0.1, 0.15) is 12.5 Å². The van der Waals surface area contributed by atoms with Crippen molar-refractivity contribution in [1.29, 1.82) is 0 Å². The second-order valence-electron chi connectivity index (χ2n) is 3.43. The van der Waals surface area contributed by atoms with E-state index in [0.717, 1.165) is 0 Å². The molecule has 17 heavy (non-hydrogen) atoms. The van der Waals surface area contributed by atoms with E-state index in [1.807, 2.05) is 0 Å². The van der Waals surface area contributed by atoms with Gasteiger partial charge in [0.15, 0.2) is 11.9 Å². The molecule has 1 atom stereocenters. The predicted octanol–water partition coefficient (Wildman–Crippen LogP) is 0.306. The van der Waals surface area contributed by atoms with Crippen LogP contribution in [0, 0.1) is 10.1 Å². The number of benzene rings is 1. The molecule has 1 rings (SSSR count). The van der Waals surface area contributed by atoms with Gasteiger partial charge in [0.2, 0.25) is 0 Å². The van der Waals surface area contributed by atoms with Crippen LogP contribution >= 0.6 is 0 Å². The van der Waals surface area contributed by atoms with Gasteiger partial charge in [0, 0.05) is 12.6 Å². The van der Waals surface area contributed by atoms with Gasteiger partial charge in [-0.15, -0.1) is 0 Å². The van der Waals surface area contributed by atoms with E-state index in [2.05, 4.69) is 0 Å². The maximum atomic E-state index is 10.8. The van der Waals surface area contributed by atoms with E-state index in [1.54, 1.807) is 6.07 Å². The summed E-state index contributed by atoms with van der Waals surface area (Å²) in [5.74, 6) is -0.694. The number of nitro benzene ring substituents is 1. The normalized spacial score (nSPS) is 11.9. The monoisotopic (exact) mass is 239 g/mol. The number of nitrogens with zero attached hydrogens (tertiary/aromatic N) is 1. The molecule has 7 heteroatoms. The van der Waals surface area contributed by atoms with Gasteiger partial charge in [-0.3, -0.25) is 14.9 Å². The molecule has 1 aromatic rings. The molecule has 0 aliphatic heterocycles. The van der Waals surface area contributed by atoms with Gasteiger partial charge in [0.05, 0.1) is 4.92 Å². The smallest absolute Gasteiger partial charge is 0.311 e. The highest BCUT2D eigenvalue weighted by molar-refractivity contribution is 5.78. The average Bonchev–Trinajstić information content (AvgIpc) is 2.29. The van der Waals surface area contributed by atoms with Gasteiger partial charge in [-0.1, -0.05) is 6.07 Å². The van der Waals surface area contributed by atoms with Crippen molar-refractivity contribution in [2.45, 2.75) is 19.6 Å². The molecular weight excluding hydrogens is 226 g/mol. The summed E-state index contributed by atoms with van der Waals surface area (Å²) in [7, 11) is 0. The SMILES string of the molecule is CC(Oc1ccc(CN)cc1[N+](=O)[O-])C(N)=O. The summed E-state index contributed by atoms with van der Waals surface area (Å²) in [6.45, 7) is 1.61. The molecule has 0 fully saturated rings. The first kappa shape index (κ1) is 12.9. The third kappa shape index (κ3) is 3.15. The minimum Gasteiger partial charge on any atom is -0.474 e. The first-order chi connectivity index (χ1) is 7.95. The summed E-state index contributed by atoms with van der Waals surface area (Å²) < 4.78 is 5.11. The number of primary amides is 1. The molecule has 0 aliphatic rings. The molecule has 92 valence electrons. The summed E-state index contributed by atoms with van der Waals surface area (Å²) >= 11 is 0. The third-order valence-corrected chi connectivity index (χ3v) is 2.16. The predicted molar refractivity (Wildman–Crippen MR) is 60.3 cm³/mol. The van der Waals surface area contributed by atoms with Crippen LogP contribution in [0.5, 0.6) is 5.75 Å². The lowest BCUT2D eigenvalue weighted by Gasteiger charge is -2.11. The van der Waals surface area contributed by atoms with Gasteiger partial charge in [-0.25, -0.2) is 0 Å². The first-order valence-electron chi connectivity index (χ1n) is 4.89. The Bertz CT molecular complexity index is 447. The van der Waals surface area contributed by atoms with E-state index in [4.69, 9.17) is 16.2 Å². The molecule has 4 N–H and O–H groups in total. The number of hydrogen-bond donors (Lipinski definition) is 2. The van der Waals surface area contributed by atoms with Crippen molar-refractivity contribution < 1.29 is 14.5 Å². The molecule has 0 radical (unpaired) electrons. The second kappa shape index (κ2) is 5.26. The third-order valence-electron chi connectivity index (χ3n) is 2.16. The second-order valence-corrected chi connectivity index (χ2v) is 3.43. The summed E-state index contributed by atoms with van der Waals surface area (Å²) in [6.07, 6.45) is -0.933. The van der Waals surface area contributed by atoms with Gasteiger partial charge in [-0.05, 0) is 18.6 Å². The van der Waals surface area contributed by atoms with E-state index in [9.17, 15) is 14.9 Å². The Balaban J connectivity index is 3.06. The number of ether oxygens (including phenoxy) is 1. The maximum absolute atomic E-state index is 10.8. The molecule has 0 aliphatic carbocycles. The number of nitrogens with two attached hydrogens (primary N) is 2. The lowest BCUT2D eigenvalue weighted by Crippen LogP contribution is -2.30. The van der Waals surface area contributed by atoms with Gasteiger partial charge in [-0.2, -0.15) is 0 Å². The largest absolute Gasteiger partial charge is 0.474 e. The average molecular weight is 239 g/mol. The summed E-state index contributed by atoms with van der Waals surface area (Å²) in [6, 6.07) is 4.30. The Labute approximate surface area is 97.5 Å². The number of rotatable bonds is 5. The topological polar surface area (TPSA) is 121 Å². The van der Waals surface area contributed by atoms with Gasteiger partial charge in [0.25, 0.3) is 5.91 Å². The van der Waals surface area contributed by atoms with Crippen LogP contribution in [-0.4, -0.2) is 16.9 Å². The quantitative estimate of drug-likeness (QED) is 0.565. The van der Waals surface area contributed by atoms with Crippen LogP contribution < -0.4 is 16.2 Å². The van der Waals surface area contributed by atoms with Crippen LogP contribution in [-0.2, 0) is 11.3 Å². The molecule has 0 saturated carbocycles. The van der Waals surface area contributed by atoms with Crippen LogP contribution in [0.2, 0.25) is 0 Å². The number of carbonyl (C=O) groups is 1. The molecular formula is C10H13N3O4. The molecule has 1 amide bonds. The molecule has 7 nitrogen and oxygen atoms in total. The fourth-order valence-electron chi connectivity index (χ4n) is 1.18. The minimum atomic E-state index is -0.933. The highest BCUT2D eigenvalue weighted by atomic mass is 16.6. The lowest BCUT2D eigenvalue weighted by atomic mass is 10.2. The zero-order chi connectivity index (χ0) is 13.0. The van der Waals surface area contributed by atoms with Crippen molar-refractivity contribution >= 4 is 11.6 Å². The summed E-state index contributed by atoms with van der Waals surface area (Å²) in [5.41, 5.74) is 10.8. The number of amides is 1. The Kier molecular flexibility index (Phi) is 4.00. The Morgan fingerprint density at radius 2 is 2.24 bits per heavy atom. The number of hydrogen-bond acceptors (Lipinski definition) is 5. The molecule has 1 unspecified atom stereocenters. The van der Waals surface area contributed by atoms with Crippen molar-refractivity contribution in [2.24, 2.45) is 11.5 Å². The van der Waals surface area contributed by atoms with E-state index in [0.29, 0.717) is 5.56 Å². The fraction of sp³-hybridized carbons (Fsp3) is 0.300. The van der Waals surface area contributed by atoms with Crippen LogP contribution in [0.15, 0.2) is 18.2 Å². The molecule has 0 spiro atoms. The number of carbonyl (C=O) groups excluding carboxylic acids is 1. The molecule has 0 bridgehead atoms. The minimum absolute atomic E-state index is 0.00139. The van der Waals surface area contributed by atoms with E-state index in [-0.39, 0.29) is 18.0 Å². The standard InChI is InChI=1S/C10H13N3O4/c1-6(10(12)14)17-9-3-2-7(5-11)4-8(9)13(15)16/h2-4,6H,5,11H2,1H3,(H2,12,14). The molecule has 1 aromatic carbocycles. The van der Waals surface area contributed by atoms with E-state index < -0.39 is 16.9 Å². The van der Waals surface area contributed by atoms with Crippen molar-refractivity contribution in [2.75, 3.05) is 0 Å². The van der Waals surface area contributed by atoms with Crippen molar-refractivity contribution in [1.82, 2.24) is 0 Å². The molecule has 0 aromatic heterocycles. The van der Waals surface area contributed by atoms with Crippen molar-refractivity contribution in [3.05, 3.63) is 33.9 Å². The summed E-state index contributed by atoms with van der Waals surface area (Å²) in [5, 5.41) is 10.8. The van der Waals surface area contributed by atoms with Crippen LogP contribution in [0.4, 0.5) is 5.69 Å². The lowest BCUT2D eigenvalue weighted by molar-refractivity contribution is -0.386. The van der Waals surface area contributed by atoms with Crippen LogP contribution in [0.3, 0.4) is 0 Å². The number of nitro groups is 1. The first-order valence-corrected chi connectivity index (χ1v) is 4.89.